The Morgan fingerprint density at radius 2 is 1.78 bits per heavy atom. The Hall–Kier alpha value is -4.22. The maximum Gasteiger partial charge on any atom is 0.335 e. The highest BCUT2D eigenvalue weighted by Crippen LogP contribution is 2.37. The van der Waals surface area contributed by atoms with E-state index < -0.39 is 10.9 Å². The minimum absolute atomic E-state index is 0.0208. The van der Waals surface area contributed by atoms with Gasteiger partial charge in [0.2, 0.25) is 0 Å². The molecule has 0 atom stereocenters. The average Bonchev–Trinajstić information content (AvgIpc) is 3.15. The van der Waals surface area contributed by atoms with E-state index in [4.69, 9.17) is 21.7 Å². The Labute approximate surface area is 215 Å². The first kappa shape index (κ1) is 24.9. The van der Waals surface area contributed by atoms with Gasteiger partial charge in [-0.15, -0.1) is 0 Å². The second-order valence-corrected chi connectivity index (χ2v) is 9.03. The van der Waals surface area contributed by atoms with Crippen LogP contribution in [-0.4, -0.2) is 39.4 Å². The Kier molecular flexibility index (Phi) is 7.62. The van der Waals surface area contributed by atoms with Gasteiger partial charge in [0.25, 0.3) is 11.6 Å². The van der Waals surface area contributed by atoms with Crippen LogP contribution in [0.5, 0.6) is 11.5 Å². The number of carboxylic acid groups (broad SMARTS) is 1. The van der Waals surface area contributed by atoms with E-state index in [1.165, 1.54) is 41.3 Å². The highest BCUT2D eigenvalue weighted by atomic mass is 32.2. The molecule has 1 N–H and O–H groups in total. The molecule has 4 rings (SSSR count). The van der Waals surface area contributed by atoms with Crippen LogP contribution < -0.4 is 14.4 Å². The lowest BCUT2D eigenvalue weighted by molar-refractivity contribution is -0.384. The van der Waals surface area contributed by atoms with E-state index in [9.17, 15) is 24.8 Å². The molecule has 0 unspecified atom stereocenters. The van der Waals surface area contributed by atoms with E-state index in [-0.39, 0.29) is 30.4 Å². The zero-order chi connectivity index (χ0) is 25.7. The summed E-state index contributed by atoms with van der Waals surface area (Å²) in [6, 6.07) is 18.9. The molecule has 1 aliphatic heterocycles. The van der Waals surface area contributed by atoms with Crippen molar-refractivity contribution in [2.24, 2.45) is 0 Å². The lowest BCUT2D eigenvalue weighted by Gasteiger charge is -2.15. The second-order valence-electron chi connectivity index (χ2n) is 7.36. The highest BCUT2D eigenvalue weighted by Gasteiger charge is 2.33. The topological polar surface area (TPSA) is 119 Å². The molecule has 1 aliphatic rings. The fourth-order valence-electron chi connectivity index (χ4n) is 3.32. The smallest absolute Gasteiger partial charge is 0.335 e. The zero-order valence-corrected chi connectivity index (χ0v) is 20.2. The van der Waals surface area contributed by atoms with E-state index in [1.54, 1.807) is 36.4 Å². The predicted octanol–water partition coefficient (Wildman–Crippen LogP) is 5.16. The predicted molar refractivity (Wildman–Crippen MR) is 140 cm³/mol. The Morgan fingerprint density at radius 3 is 2.50 bits per heavy atom. The number of non-ortho nitro benzene ring substituents is 1. The van der Waals surface area contributed by atoms with Crippen molar-refractivity contribution in [3.05, 3.63) is 98.9 Å². The summed E-state index contributed by atoms with van der Waals surface area (Å²) in [4.78, 5) is 36.3. The molecule has 36 heavy (non-hydrogen) atoms. The Bertz CT molecular complexity index is 1370. The molecule has 0 bridgehead atoms. The molecule has 1 fully saturated rings. The first-order chi connectivity index (χ1) is 17.3. The molecule has 0 aromatic heterocycles. The number of thiocarbonyl (C=S) groups is 1. The average molecular weight is 523 g/mol. The number of aromatic carboxylic acids is 1. The van der Waals surface area contributed by atoms with Crippen LogP contribution in [0.4, 0.5) is 11.4 Å². The molecule has 9 nitrogen and oxygen atoms in total. The molecule has 11 heteroatoms. The normalized spacial score (nSPS) is 14.2. The van der Waals surface area contributed by atoms with Crippen LogP contribution in [0.25, 0.3) is 6.08 Å². The quantitative estimate of drug-likeness (QED) is 0.134. The molecule has 3 aromatic carbocycles. The summed E-state index contributed by atoms with van der Waals surface area (Å²) in [5.41, 5.74) is 1.08. The number of carbonyl (C=O) groups is 2. The fraction of sp³-hybridized carbons (Fsp3) is 0.0800. The third-order valence-corrected chi connectivity index (χ3v) is 6.31. The molecular formula is C25H18N2O7S2. The van der Waals surface area contributed by atoms with Gasteiger partial charge in [-0.1, -0.05) is 48.2 Å². The number of para-hydroxylation sites is 1. The van der Waals surface area contributed by atoms with Crippen LogP contribution >= 0.6 is 24.0 Å². The van der Waals surface area contributed by atoms with Crippen LogP contribution in [0.1, 0.15) is 15.9 Å². The summed E-state index contributed by atoms with van der Waals surface area (Å²) in [6.07, 6.45) is 1.67. The number of benzene rings is 3. The van der Waals surface area contributed by atoms with Gasteiger partial charge in [0.15, 0.2) is 4.32 Å². The summed E-state index contributed by atoms with van der Waals surface area (Å²) in [5, 5.41) is 20.0. The minimum Gasteiger partial charge on any atom is -0.490 e. The minimum atomic E-state index is -1.10. The number of anilines is 1. The van der Waals surface area contributed by atoms with E-state index >= 15 is 0 Å². The van der Waals surface area contributed by atoms with Gasteiger partial charge in [0.05, 0.1) is 21.1 Å². The molecule has 0 aliphatic carbocycles. The summed E-state index contributed by atoms with van der Waals surface area (Å²) >= 11 is 6.50. The number of nitro benzene ring substituents is 1. The van der Waals surface area contributed by atoms with Crippen LogP contribution in [0.2, 0.25) is 0 Å². The van der Waals surface area contributed by atoms with Crippen molar-refractivity contribution < 1.29 is 29.1 Å². The van der Waals surface area contributed by atoms with Gasteiger partial charge < -0.3 is 14.6 Å². The number of hydrogen-bond donors (Lipinski definition) is 1. The summed E-state index contributed by atoms with van der Waals surface area (Å²) in [6.45, 7) is 0.402. The summed E-state index contributed by atoms with van der Waals surface area (Å²) < 4.78 is 11.7. The van der Waals surface area contributed by atoms with Crippen molar-refractivity contribution in [3.63, 3.8) is 0 Å². The highest BCUT2D eigenvalue weighted by molar-refractivity contribution is 8.27. The Balaban J connectivity index is 1.43. The SMILES string of the molecule is O=C(O)c1cccc(N2C(=O)/C(=C/c3ccccc3OCCOc3ccc([N+](=O)[O-])cc3)SC2=S)c1. The van der Waals surface area contributed by atoms with Crippen LogP contribution in [0, 0.1) is 10.1 Å². The van der Waals surface area contributed by atoms with Crippen molar-refractivity contribution in [1.82, 2.24) is 0 Å². The van der Waals surface area contributed by atoms with Gasteiger partial charge in [-0.2, -0.15) is 0 Å². The number of carboxylic acids is 1. The maximum atomic E-state index is 13.1. The monoisotopic (exact) mass is 522 g/mol. The number of rotatable bonds is 9. The number of carbonyl (C=O) groups excluding carboxylic acids is 1. The van der Waals surface area contributed by atoms with Gasteiger partial charge in [-0.25, -0.2) is 4.79 Å². The maximum absolute atomic E-state index is 13.1. The van der Waals surface area contributed by atoms with Crippen LogP contribution in [-0.2, 0) is 4.79 Å². The van der Waals surface area contributed by atoms with Crippen molar-refractivity contribution in [3.8, 4) is 11.5 Å². The molecule has 1 heterocycles. The molecule has 0 radical (unpaired) electrons. The summed E-state index contributed by atoms with van der Waals surface area (Å²) in [5.74, 6) is -0.443. The lowest BCUT2D eigenvalue weighted by atomic mass is 10.1. The van der Waals surface area contributed by atoms with Gasteiger partial charge in [-0.05, 0) is 42.5 Å². The summed E-state index contributed by atoms with van der Waals surface area (Å²) in [7, 11) is 0. The van der Waals surface area contributed by atoms with Crippen LogP contribution in [0.3, 0.4) is 0 Å². The number of nitrogens with zero attached hydrogens (tertiary/aromatic N) is 2. The number of hydrogen-bond acceptors (Lipinski definition) is 8. The number of amides is 1. The molecule has 1 saturated heterocycles. The van der Waals surface area contributed by atoms with Gasteiger partial charge in [0.1, 0.15) is 24.7 Å². The molecule has 0 spiro atoms. The number of nitro groups is 1. The van der Waals surface area contributed by atoms with Gasteiger partial charge in [0, 0.05) is 17.7 Å². The lowest BCUT2D eigenvalue weighted by Crippen LogP contribution is -2.27. The van der Waals surface area contributed by atoms with Crippen molar-refractivity contribution >= 4 is 57.6 Å². The van der Waals surface area contributed by atoms with Gasteiger partial charge >= 0.3 is 5.97 Å². The molecular weight excluding hydrogens is 504 g/mol. The van der Waals surface area contributed by atoms with E-state index in [0.29, 0.717) is 32.0 Å². The third kappa shape index (κ3) is 5.70. The third-order valence-electron chi connectivity index (χ3n) is 5.01. The fourth-order valence-corrected chi connectivity index (χ4v) is 4.61. The standard InChI is InChI=1S/C25H18N2O7S2/c28-23-22(36-25(35)26(23)19-6-3-5-17(14-19)24(29)30)15-16-4-1-2-7-21(16)34-13-12-33-20-10-8-18(9-11-20)27(31)32/h1-11,14-15H,12-13H2,(H,29,30)/b22-15-. The first-order valence-corrected chi connectivity index (χ1v) is 11.8. The molecule has 0 saturated carbocycles. The van der Waals surface area contributed by atoms with Crippen molar-refractivity contribution in [1.29, 1.82) is 0 Å². The van der Waals surface area contributed by atoms with Crippen molar-refractivity contribution in [2.45, 2.75) is 0 Å². The second kappa shape index (κ2) is 11.0. The number of thioether (sulfide) groups is 1. The molecule has 1 amide bonds. The Morgan fingerprint density at radius 1 is 1.06 bits per heavy atom. The molecule has 3 aromatic rings. The van der Waals surface area contributed by atoms with E-state index in [0.717, 1.165) is 11.8 Å². The number of ether oxygens (including phenoxy) is 2. The van der Waals surface area contributed by atoms with E-state index in [1.807, 2.05) is 6.07 Å². The van der Waals surface area contributed by atoms with Crippen LogP contribution in [0.15, 0.2) is 77.7 Å². The first-order valence-electron chi connectivity index (χ1n) is 10.5. The van der Waals surface area contributed by atoms with E-state index in [2.05, 4.69) is 0 Å². The largest absolute Gasteiger partial charge is 0.490 e. The molecule has 182 valence electrons. The van der Waals surface area contributed by atoms with Gasteiger partial charge in [-0.3, -0.25) is 19.8 Å². The van der Waals surface area contributed by atoms with Crippen molar-refractivity contribution in [2.75, 3.05) is 18.1 Å². The zero-order valence-electron chi connectivity index (χ0n) is 18.5.